The second kappa shape index (κ2) is 10.3. The van der Waals surface area contributed by atoms with Crippen molar-refractivity contribution in [2.45, 2.75) is 26.3 Å². The van der Waals surface area contributed by atoms with Gasteiger partial charge in [0.05, 0.1) is 12.3 Å². The Morgan fingerprint density at radius 3 is 2.60 bits per heavy atom. The highest BCUT2D eigenvalue weighted by Gasteiger charge is 2.28. The molecule has 6 nitrogen and oxygen atoms in total. The number of guanidine groups is 1. The maximum Gasteiger partial charge on any atom is 0.211 e. The van der Waals surface area contributed by atoms with Crippen LogP contribution in [0.1, 0.15) is 31.9 Å². The maximum atomic E-state index is 11.6. The second-order valence-electron chi connectivity index (χ2n) is 6.27. The van der Waals surface area contributed by atoms with Crippen LogP contribution >= 0.6 is 24.0 Å². The number of halogens is 1. The van der Waals surface area contributed by atoms with Crippen molar-refractivity contribution in [2.24, 2.45) is 10.9 Å². The van der Waals surface area contributed by atoms with Gasteiger partial charge >= 0.3 is 0 Å². The Kier molecular flexibility index (Phi) is 9.15. The number of benzene rings is 1. The lowest BCUT2D eigenvalue weighted by Crippen LogP contribution is -2.39. The van der Waals surface area contributed by atoms with Gasteiger partial charge in [-0.2, -0.15) is 0 Å². The van der Waals surface area contributed by atoms with Crippen LogP contribution in [0.4, 0.5) is 0 Å². The van der Waals surface area contributed by atoms with Crippen LogP contribution in [0.25, 0.3) is 0 Å². The van der Waals surface area contributed by atoms with Crippen molar-refractivity contribution in [3.8, 4) is 0 Å². The molecule has 1 aliphatic rings. The van der Waals surface area contributed by atoms with Crippen molar-refractivity contribution in [2.75, 3.05) is 32.4 Å². The number of hydrogen-bond acceptors (Lipinski definition) is 3. The lowest BCUT2D eigenvalue weighted by Gasteiger charge is -2.19. The van der Waals surface area contributed by atoms with E-state index in [-0.39, 0.29) is 35.9 Å². The lowest BCUT2D eigenvalue weighted by molar-refractivity contribution is 0.463. The highest BCUT2D eigenvalue weighted by molar-refractivity contribution is 14.0. The third-order valence-electron chi connectivity index (χ3n) is 4.22. The third kappa shape index (κ3) is 7.10. The molecule has 1 aromatic carbocycles. The molecule has 0 saturated carbocycles. The SMILES string of the molecule is CCNC(=NCC1CCN(S(C)(=O)=O)C1)NC(C)c1ccccc1.I. The van der Waals surface area contributed by atoms with Gasteiger partial charge in [-0.15, -0.1) is 24.0 Å². The van der Waals surface area contributed by atoms with Crippen molar-refractivity contribution in [1.82, 2.24) is 14.9 Å². The molecule has 1 aliphatic heterocycles. The summed E-state index contributed by atoms with van der Waals surface area (Å²) in [6.07, 6.45) is 2.13. The molecule has 1 fully saturated rings. The highest BCUT2D eigenvalue weighted by atomic mass is 127. The van der Waals surface area contributed by atoms with Gasteiger partial charge in [0, 0.05) is 26.2 Å². The lowest BCUT2D eigenvalue weighted by atomic mass is 10.1. The largest absolute Gasteiger partial charge is 0.357 e. The predicted octanol–water partition coefficient (Wildman–Crippen LogP) is 2.20. The standard InChI is InChI=1S/C17H28N4O2S.HI/c1-4-18-17(20-14(2)16-8-6-5-7-9-16)19-12-15-10-11-21(13-15)24(3,22)23;/h5-9,14-15H,4,10-13H2,1-3H3,(H2,18,19,20);1H. The molecule has 2 atom stereocenters. The molecule has 2 rings (SSSR count). The Bertz CT molecular complexity index is 652. The molecule has 1 saturated heterocycles. The van der Waals surface area contributed by atoms with Crippen LogP contribution in [-0.2, 0) is 10.0 Å². The first-order valence-corrected chi connectivity index (χ1v) is 10.3. The Morgan fingerprint density at radius 1 is 1.36 bits per heavy atom. The van der Waals surface area contributed by atoms with E-state index in [1.165, 1.54) is 11.8 Å². The van der Waals surface area contributed by atoms with Gasteiger partial charge in [-0.25, -0.2) is 12.7 Å². The topological polar surface area (TPSA) is 73.8 Å². The fraction of sp³-hybridized carbons (Fsp3) is 0.588. The van der Waals surface area contributed by atoms with Crippen molar-refractivity contribution in [3.63, 3.8) is 0 Å². The Labute approximate surface area is 168 Å². The molecule has 0 spiro atoms. The molecule has 2 unspecified atom stereocenters. The van der Waals surface area contributed by atoms with Gasteiger partial charge in [-0.3, -0.25) is 4.99 Å². The third-order valence-corrected chi connectivity index (χ3v) is 5.49. The molecule has 0 bridgehead atoms. The summed E-state index contributed by atoms with van der Waals surface area (Å²) in [6, 6.07) is 10.4. The molecule has 0 aromatic heterocycles. The Morgan fingerprint density at radius 2 is 2.04 bits per heavy atom. The molecular formula is C17H29IN4O2S. The molecule has 2 N–H and O–H groups in total. The van der Waals surface area contributed by atoms with Crippen LogP contribution in [0.5, 0.6) is 0 Å². The van der Waals surface area contributed by atoms with E-state index in [0.717, 1.165) is 18.9 Å². The smallest absolute Gasteiger partial charge is 0.211 e. The van der Waals surface area contributed by atoms with Crippen LogP contribution in [-0.4, -0.2) is 51.1 Å². The number of nitrogens with zero attached hydrogens (tertiary/aromatic N) is 2. The van der Waals surface area contributed by atoms with Gasteiger partial charge in [0.15, 0.2) is 5.96 Å². The summed E-state index contributed by atoms with van der Waals surface area (Å²) in [4.78, 5) is 4.65. The maximum absolute atomic E-state index is 11.6. The molecule has 1 aromatic rings. The average molecular weight is 480 g/mol. The summed E-state index contributed by atoms with van der Waals surface area (Å²) < 4.78 is 24.7. The number of hydrogen-bond donors (Lipinski definition) is 2. The van der Waals surface area contributed by atoms with E-state index < -0.39 is 10.0 Å². The quantitative estimate of drug-likeness (QED) is 0.372. The van der Waals surface area contributed by atoms with E-state index in [0.29, 0.717) is 19.6 Å². The summed E-state index contributed by atoms with van der Waals surface area (Å²) in [6.45, 7) is 6.71. The molecule has 1 heterocycles. The molecule has 8 heteroatoms. The van der Waals surface area contributed by atoms with Gasteiger partial charge in [-0.05, 0) is 31.7 Å². The van der Waals surface area contributed by atoms with Crippen molar-refractivity contribution in [1.29, 1.82) is 0 Å². The van der Waals surface area contributed by atoms with Gasteiger partial charge in [0.1, 0.15) is 0 Å². The molecular weight excluding hydrogens is 451 g/mol. The zero-order valence-electron chi connectivity index (χ0n) is 15.1. The monoisotopic (exact) mass is 480 g/mol. The number of aliphatic imine (C=N–C) groups is 1. The Balaban J connectivity index is 0.00000312. The second-order valence-corrected chi connectivity index (χ2v) is 8.25. The summed E-state index contributed by atoms with van der Waals surface area (Å²) in [7, 11) is -3.09. The summed E-state index contributed by atoms with van der Waals surface area (Å²) >= 11 is 0. The predicted molar refractivity (Wildman–Crippen MR) is 114 cm³/mol. The zero-order chi connectivity index (χ0) is 17.6. The first-order valence-electron chi connectivity index (χ1n) is 8.45. The fourth-order valence-corrected chi connectivity index (χ4v) is 3.74. The first kappa shape index (κ1) is 22.2. The van der Waals surface area contributed by atoms with Gasteiger partial charge in [-0.1, -0.05) is 30.3 Å². The molecule has 0 radical (unpaired) electrons. The van der Waals surface area contributed by atoms with Crippen LogP contribution in [0.15, 0.2) is 35.3 Å². The van der Waals surface area contributed by atoms with Gasteiger partial charge in [0.2, 0.25) is 10.0 Å². The highest BCUT2D eigenvalue weighted by Crippen LogP contribution is 2.19. The fourth-order valence-electron chi connectivity index (χ4n) is 2.82. The average Bonchev–Trinajstić information content (AvgIpc) is 3.03. The minimum atomic E-state index is -3.09. The van der Waals surface area contributed by atoms with Gasteiger partial charge in [0.25, 0.3) is 0 Å². The van der Waals surface area contributed by atoms with E-state index >= 15 is 0 Å². The summed E-state index contributed by atoms with van der Waals surface area (Å²) in [5.41, 5.74) is 1.20. The van der Waals surface area contributed by atoms with E-state index in [9.17, 15) is 8.42 Å². The van der Waals surface area contributed by atoms with Crippen molar-refractivity contribution < 1.29 is 8.42 Å². The minimum absolute atomic E-state index is 0. The van der Waals surface area contributed by atoms with Crippen molar-refractivity contribution in [3.05, 3.63) is 35.9 Å². The molecule has 142 valence electrons. The Hall–Kier alpha value is -0.870. The van der Waals surface area contributed by atoms with Crippen LogP contribution in [0, 0.1) is 5.92 Å². The summed E-state index contributed by atoms with van der Waals surface area (Å²) in [5.74, 6) is 1.05. The van der Waals surface area contributed by atoms with E-state index in [1.807, 2.05) is 25.1 Å². The molecule has 25 heavy (non-hydrogen) atoms. The van der Waals surface area contributed by atoms with Gasteiger partial charge < -0.3 is 10.6 Å². The minimum Gasteiger partial charge on any atom is -0.357 e. The van der Waals surface area contributed by atoms with Crippen LogP contribution in [0.3, 0.4) is 0 Å². The van der Waals surface area contributed by atoms with E-state index in [2.05, 4.69) is 34.7 Å². The first-order chi connectivity index (χ1) is 11.4. The summed E-state index contributed by atoms with van der Waals surface area (Å²) in [5, 5.41) is 6.66. The van der Waals surface area contributed by atoms with Crippen LogP contribution in [0.2, 0.25) is 0 Å². The number of nitrogens with one attached hydrogen (secondary N) is 2. The molecule has 0 amide bonds. The number of sulfonamides is 1. The normalized spacial score (nSPS) is 20.0. The van der Waals surface area contributed by atoms with Crippen LogP contribution < -0.4 is 10.6 Å². The number of rotatable bonds is 6. The van der Waals surface area contributed by atoms with E-state index in [1.54, 1.807) is 4.31 Å². The molecule has 0 aliphatic carbocycles. The van der Waals surface area contributed by atoms with E-state index in [4.69, 9.17) is 0 Å². The van der Waals surface area contributed by atoms with Crippen molar-refractivity contribution >= 4 is 40.0 Å². The zero-order valence-corrected chi connectivity index (χ0v) is 18.3.